The van der Waals surface area contributed by atoms with Crippen molar-refractivity contribution in [3.05, 3.63) is 59.7 Å². The van der Waals surface area contributed by atoms with Crippen LogP contribution in [0, 0.1) is 19.1 Å². The molecule has 0 aromatic heterocycles. The molecule has 96 valence electrons. The van der Waals surface area contributed by atoms with Gasteiger partial charge in [-0.3, -0.25) is 18.2 Å². The summed E-state index contributed by atoms with van der Waals surface area (Å²) in [4.78, 5) is 8.19. The van der Waals surface area contributed by atoms with E-state index in [1.165, 1.54) is 5.56 Å². The van der Waals surface area contributed by atoms with E-state index in [4.69, 9.17) is 0 Å². The summed E-state index contributed by atoms with van der Waals surface area (Å²) in [5.74, 6) is 0. The summed E-state index contributed by atoms with van der Waals surface area (Å²) in [6.45, 7) is 3.79. The fourth-order valence-corrected chi connectivity index (χ4v) is 1.37. The molecule has 0 aliphatic carbocycles. The fourth-order valence-electron chi connectivity index (χ4n) is 1.37. The second-order valence-corrected chi connectivity index (χ2v) is 3.77. The number of aliphatic imine (C=N–C) groups is 2. The summed E-state index contributed by atoms with van der Waals surface area (Å²) in [5, 5.41) is 0. The maximum atomic E-state index is 4.21. The van der Waals surface area contributed by atoms with Gasteiger partial charge in [-0.2, -0.15) is 17.6 Å². The Kier molecular flexibility index (Phi) is 10.7. The third kappa shape index (κ3) is 6.63. The molecular weight excluding hydrogens is 398 g/mol. The first-order valence-electron chi connectivity index (χ1n) is 5.62. The predicted octanol–water partition coefficient (Wildman–Crippen LogP) is 3.82. The monoisotopic (exact) mass is 410 g/mol. The first-order valence-corrected chi connectivity index (χ1v) is 5.62. The molecule has 2 rings (SSSR count). The van der Waals surface area contributed by atoms with Crippen molar-refractivity contribution in [1.29, 1.82) is 0 Å². The molecule has 4 heteroatoms. The molecule has 0 aliphatic rings. The fraction of sp³-hybridized carbons (Fsp3) is 0.125. The molecule has 0 N–H and O–H groups in total. The molecule has 2 aromatic rings. The Morgan fingerprint density at radius 2 is 1.45 bits per heavy atom. The van der Waals surface area contributed by atoms with Gasteiger partial charge in [-0.1, -0.05) is 5.56 Å². The van der Waals surface area contributed by atoms with Crippen molar-refractivity contribution in [1.82, 2.24) is 0 Å². The van der Waals surface area contributed by atoms with E-state index in [1.807, 2.05) is 31.2 Å². The van der Waals surface area contributed by atoms with Crippen LogP contribution in [0.3, 0.4) is 0 Å². The van der Waals surface area contributed by atoms with Crippen LogP contribution in [0.2, 0.25) is 0 Å². The molecule has 2 nitrogen and oxygen atoms in total. The first-order chi connectivity index (χ1) is 8.78. The quantitative estimate of drug-likeness (QED) is 0.543. The first kappa shape index (κ1) is 20.0. The number of rotatable bonds is 3. The van der Waals surface area contributed by atoms with Crippen LogP contribution in [-0.4, -0.2) is 12.4 Å². The van der Waals surface area contributed by atoms with Crippen molar-refractivity contribution in [2.45, 2.75) is 13.8 Å². The molecule has 0 atom stereocenters. The third-order valence-electron chi connectivity index (χ3n) is 2.30. The molecule has 0 amide bonds. The second kappa shape index (κ2) is 10.7. The summed E-state index contributed by atoms with van der Waals surface area (Å²) >= 11 is 0. The summed E-state index contributed by atoms with van der Waals surface area (Å²) < 4.78 is 0. The van der Waals surface area contributed by atoms with Gasteiger partial charge in [0.1, 0.15) is 0 Å². The molecular formula is C16H12N2Y2-4. The minimum absolute atomic E-state index is 0. The van der Waals surface area contributed by atoms with Gasteiger partial charge in [0.25, 0.3) is 0 Å². The molecule has 20 heavy (non-hydrogen) atoms. The van der Waals surface area contributed by atoms with Crippen molar-refractivity contribution < 1.29 is 65.4 Å². The number of aryl methyl sites for hydroxylation is 1. The third-order valence-corrected chi connectivity index (χ3v) is 2.30. The molecule has 2 aromatic carbocycles. The van der Waals surface area contributed by atoms with E-state index in [9.17, 15) is 0 Å². The Morgan fingerprint density at radius 1 is 0.900 bits per heavy atom. The van der Waals surface area contributed by atoms with Crippen molar-refractivity contribution in [2.75, 3.05) is 0 Å². The molecule has 0 unspecified atom stereocenters. The molecule has 0 heterocycles. The van der Waals surface area contributed by atoms with Gasteiger partial charge in [-0.05, 0) is 13.1 Å². The van der Waals surface area contributed by atoms with Gasteiger partial charge in [0, 0.05) is 65.4 Å². The zero-order chi connectivity index (χ0) is 12.8. The van der Waals surface area contributed by atoms with Gasteiger partial charge in [0.2, 0.25) is 0 Å². The van der Waals surface area contributed by atoms with Crippen molar-refractivity contribution >= 4 is 23.8 Å². The minimum Gasteiger partial charge on any atom is -0.454 e. The van der Waals surface area contributed by atoms with Crippen LogP contribution < -0.4 is 0 Å². The SMILES string of the molecule is C[C-]=Nc1[c-]cc(N=[C-]c2ccc(C)cc2)[c-]c1.[Y].[Y]. The summed E-state index contributed by atoms with van der Waals surface area (Å²) in [6.07, 6.45) is 5.66. The van der Waals surface area contributed by atoms with Crippen LogP contribution in [0.5, 0.6) is 0 Å². The van der Waals surface area contributed by atoms with Gasteiger partial charge < -0.3 is 9.98 Å². The minimum atomic E-state index is 0. The zero-order valence-electron chi connectivity index (χ0n) is 11.5. The average molecular weight is 410 g/mol. The Balaban J connectivity index is 0.00000180. The number of hydrogen-bond donors (Lipinski definition) is 0. The van der Waals surface area contributed by atoms with E-state index in [1.54, 1.807) is 19.1 Å². The van der Waals surface area contributed by atoms with Crippen molar-refractivity contribution in [3.63, 3.8) is 0 Å². The topological polar surface area (TPSA) is 24.7 Å². The summed E-state index contributed by atoms with van der Waals surface area (Å²) in [7, 11) is 0. The van der Waals surface area contributed by atoms with E-state index < -0.39 is 0 Å². The second-order valence-electron chi connectivity index (χ2n) is 3.77. The van der Waals surface area contributed by atoms with Crippen LogP contribution in [0.15, 0.2) is 46.4 Å². The Hall–Kier alpha value is -0.0122. The van der Waals surface area contributed by atoms with Crippen LogP contribution in [0.4, 0.5) is 11.4 Å². The normalized spacial score (nSPS) is 10.3. The van der Waals surface area contributed by atoms with E-state index in [2.05, 4.69) is 34.5 Å². The number of benzene rings is 2. The van der Waals surface area contributed by atoms with Gasteiger partial charge in [0.15, 0.2) is 0 Å². The standard InChI is InChI=1S/C16H12N2.2Y/c1-3-17-15-8-10-16(11-9-15)18-12-14-6-4-13(2)5-7-14;;/h4-8,11H,1-2H3;;/q-4;;. The largest absolute Gasteiger partial charge is 0.454 e. The van der Waals surface area contributed by atoms with E-state index >= 15 is 0 Å². The van der Waals surface area contributed by atoms with E-state index in [0.29, 0.717) is 11.4 Å². The average Bonchev–Trinajstić information content (AvgIpc) is 2.40. The Labute approximate surface area is 171 Å². The number of nitrogens with zero attached hydrogens (tertiary/aromatic N) is 2. The van der Waals surface area contributed by atoms with Crippen LogP contribution >= 0.6 is 0 Å². The molecule has 0 spiro atoms. The van der Waals surface area contributed by atoms with Gasteiger partial charge in [-0.15, -0.1) is 36.8 Å². The Morgan fingerprint density at radius 3 is 1.95 bits per heavy atom. The maximum absolute atomic E-state index is 4.21. The molecule has 0 bridgehead atoms. The zero-order valence-corrected chi connectivity index (χ0v) is 17.2. The van der Waals surface area contributed by atoms with Gasteiger partial charge in [-0.25, -0.2) is 6.07 Å². The van der Waals surface area contributed by atoms with E-state index in [0.717, 1.165) is 5.56 Å². The molecule has 0 saturated heterocycles. The van der Waals surface area contributed by atoms with Crippen molar-refractivity contribution in [3.8, 4) is 0 Å². The smallest absolute Gasteiger partial charge is 0 e. The summed E-state index contributed by atoms with van der Waals surface area (Å²) in [5.41, 5.74) is 3.55. The van der Waals surface area contributed by atoms with Crippen LogP contribution in [0.1, 0.15) is 18.1 Å². The van der Waals surface area contributed by atoms with Crippen LogP contribution in [-0.2, 0) is 65.4 Å². The van der Waals surface area contributed by atoms with E-state index in [-0.39, 0.29) is 65.4 Å². The van der Waals surface area contributed by atoms with Gasteiger partial charge in [0.05, 0.1) is 0 Å². The molecule has 0 aliphatic heterocycles. The maximum Gasteiger partial charge on any atom is 0 e. The van der Waals surface area contributed by atoms with Crippen molar-refractivity contribution in [2.24, 2.45) is 9.98 Å². The summed E-state index contributed by atoms with van der Waals surface area (Å²) in [6, 6.07) is 17.5. The van der Waals surface area contributed by atoms with Crippen LogP contribution in [0.25, 0.3) is 0 Å². The molecule has 0 saturated carbocycles. The van der Waals surface area contributed by atoms with Gasteiger partial charge >= 0.3 is 0 Å². The Bertz CT molecular complexity index is 558. The predicted molar refractivity (Wildman–Crippen MR) is 74.3 cm³/mol. The molecule has 0 fully saturated rings. The number of hydrogen-bond acceptors (Lipinski definition) is 2. The molecule has 2 radical (unpaired) electrons.